The Hall–Kier alpha value is -0.790. The van der Waals surface area contributed by atoms with Gasteiger partial charge in [0.05, 0.1) is 5.70 Å². The zero-order valence-electron chi connectivity index (χ0n) is 9.72. The van der Waals surface area contributed by atoms with Gasteiger partial charge in [-0.2, -0.15) is 0 Å². The maximum Gasteiger partial charge on any atom is 0.127 e. The zero-order chi connectivity index (χ0) is 10.8. The van der Waals surface area contributed by atoms with Gasteiger partial charge in [0.1, 0.15) is 5.83 Å². The highest BCUT2D eigenvalue weighted by Gasteiger charge is 2.24. The van der Waals surface area contributed by atoms with Crippen LogP contribution in [0.15, 0.2) is 23.2 Å². The number of hydrogen-bond donors (Lipinski definition) is 0. The average molecular weight is 209 g/mol. The molecule has 0 N–H and O–H groups in total. The molecule has 2 heteroatoms. The Morgan fingerprint density at radius 3 is 2.60 bits per heavy atom. The number of halogens is 1. The summed E-state index contributed by atoms with van der Waals surface area (Å²) in [6.45, 7) is 6.07. The summed E-state index contributed by atoms with van der Waals surface area (Å²) in [6, 6.07) is 0. The molecule has 1 atom stereocenters. The largest absolute Gasteiger partial charge is 0.369 e. The number of hydrogen-bond acceptors (Lipinski definition) is 1. The Balaban J connectivity index is 2.23. The number of rotatable bonds is 1. The van der Waals surface area contributed by atoms with Crippen LogP contribution in [-0.4, -0.2) is 18.0 Å². The Labute approximate surface area is 91.7 Å². The van der Waals surface area contributed by atoms with E-state index in [1.807, 2.05) is 13.8 Å². The molecule has 0 bridgehead atoms. The van der Waals surface area contributed by atoms with E-state index in [9.17, 15) is 4.39 Å². The first-order valence-electron chi connectivity index (χ1n) is 6.02. The van der Waals surface area contributed by atoms with Gasteiger partial charge < -0.3 is 4.90 Å². The Kier molecular flexibility index (Phi) is 3.13. The van der Waals surface area contributed by atoms with Crippen molar-refractivity contribution in [2.24, 2.45) is 5.92 Å². The lowest BCUT2D eigenvalue weighted by molar-refractivity contribution is 0.271. The van der Waals surface area contributed by atoms with Crippen molar-refractivity contribution in [3.05, 3.63) is 23.2 Å². The molecule has 1 heterocycles. The standard InChI is InChI=1S/C13H20FN/c1-10-6-7-11(2)13(12(10)14)15-8-4-3-5-9-15/h7,10H,3-6,8-9H2,1-2H3. The lowest BCUT2D eigenvalue weighted by Gasteiger charge is -2.34. The van der Waals surface area contributed by atoms with Crippen molar-refractivity contribution in [3.8, 4) is 0 Å². The van der Waals surface area contributed by atoms with Gasteiger partial charge in [0.25, 0.3) is 0 Å². The van der Waals surface area contributed by atoms with Crippen molar-refractivity contribution >= 4 is 0 Å². The van der Waals surface area contributed by atoms with E-state index in [1.165, 1.54) is 19.3 Å². The lowest BCUT2D eigenvalue weighted by atomic mass is 9.93. The van der Waals surface area contributed by atoms with E-state index in [4.69, 9.17) is 0 Å². The third-order valence-electron chi connectivity index (χ3n) is 3.48. The second kappa shape index (κ2) is 4.38. The van der Waals surface area contributed by atoms with Crippen LogP contribution in [0.1, 0.15) is 39.5 Å². The van der Waals surface area contributed by atoms with Crippen molar-refractivity contribution in [2.45, 2.75) is 39.5 Å². The van der Waals surface area contributed by atoms with Crippen molar-refractivity contribution in [1.29, 1.82) is 0 Å². The summed E-state index contributed by atoms with van der Waals surface area (Å²) in [5.74, 6) is 0.183. The van der Waals surface area contributed by atoms with Gasteiger partial charge in [-0.3, -0.25) is 0 Å². The average Bonchev–Trinajstić information content (AvgIpc) is 2.26. The van der Waals surface area contributed by atoms with Crippen LogP contribution in [0.5, 0.6) is 0 Å². The second-order valence-electron chi connectivity index (χ2n) is 4.77. The summed E-state index contributed by atoms with van der Waals surface area (Å²) in [7, 11) is 0. The van der Waals surface area contributed by atoms with E-state index in [0.717, 1.165) is 30.8 Å². The smallest absolute Gasteiger partial charge is 0.127 e. The van der Waals surface area contributed by atoms with Crippen LogP contribution in [0.3, 0.4) is 0 Å². The van der Waals surface area contributed by atoms with Gasteiger partial charge in [-0.25, -0.2) is 4.39 Å². The molecule has 0 aromatic carbocycles. The van der Waals surface area contributed by atoms with E-state index in [2.05, 4.69) is 11.0 Å². The molecule has 2 rings (SSSR count). The molecule has 0 amide bonds. The quantitative estimate of drug-likeness (QED) is 0.637. The lowest BCUT2D eigenvalue weighted by Crippen LogP contribution is -2.31. The second-order valence-corrected chi connectivity index (χ2v) is 4.77. The first-order valence-corrected chi connectivity index (χ1v) is 6.02. The Morgan fingerprint density at radius 2 is 1.93 bits per heavy atom. The van der Waals surface area contributed by atoms with Crippen LogP contribution in [-0.2, 0) is 0 Å². The van der Waals surface area contributed by atoms with Gasteiger partial charge in [-0.05, 0) is 38.2 Å². The molecule has 0 aromatic heterocycles. The Morgan fingerprint density at radius 1 is 1.27 bits per heavy atom. The summed E-state index contributed by atoms with van der Waals surface area (Å²) in [6.07, 6.45) is 6.74. The van der Waals surface area contributed by atoms with Crippen molar-refractivity contribution < 1.29 is 4.39 Å². The van der Waals surface area contributed by atoms with Gasteiger partial charge in [0, 0.05) is 19.0 Å². The fourth-order valence-electron chi connectivity index (χ4n) is 2.49. The summed E-state index contributed by atoms with van der Waals surface area (Å²) >= 11 is 0. The number of piperidine rings is 1. The van der Waals surface area contributed by atoms with E-state index in [0.29, 0.717) is 0 Å². The first-order chi connectivity index (χ1) is 7.20. The SMILES string of the molecule is CC1=CCC(C)C(F)=C1N1CCCCC1. The molecular formula is C13H20FN. The van der Waals surface area contributed by atoms with Crippen molar-refractivity contribution in [2.75, 3.05) is 13.1 Å². The molecule has 1 saturated heterocycles. The maximum atomic E-state index is 14.1. The summed E-state index contributed by atoms with van der Waals surface area (Å²) in [5.41, 5.74) is 2.03. The van der Waals surface area contributed by atoms with Gasteiger partial charge in [0.2, 0.25) is 0 Å². The summed E-state index contributed by atoms with van der Waals surface area (Å²) in [4.78, 5) is 2.24. The molecule has 1 nitrogen and oxygen atoms in total. The number of allylic oxidation sites excluding steroid dienone is 3. The van der Waals surface area contributed by atoms with Crippen LogP contribution in [0.4, 0.5) is 4.39 Å². The summed E-state index contributed by atoms with van der Waals surface area (Å²) in [5, 5.41) is 0. The van der Waals surface area contributed by atoms with E-state index >= 15 is 0 Å². The Bertz CT molecular complexity index is 298. The fourth-order valence-corrected chi connectivity index (χ4v) is 2.49. The molecule has 1 fully saturated rings. The fraction of sp³-hybridized carbons (Fsp3) is 0.692. The molecule has 2 aliphatic rings. The van der Waals surface area contributed by atoms with Gasteiger partial charge >= 0.3 is 0 Å². The normalized spacial score (nSPS) is 28.1. The minimum atomic E-state index is 0.0747. The third kappa shape index (κ3) is 2.09. The molecule has 84 valence electrons. The number of nitrogens with zero attached hydrogens (tertiary/aromatic N) is 1. The third-order valence-corrected chi connectivity index (χ3v) is 3.48. The van der Waals surface area contributed by atoms with Crippen molar-refractivity contribution in [3.63, 3.8) is 0 Å². The molecule has 0 spiro atoms. The molecule has 0 aromatic rings. The van der Waals surface area contributed by atoms with Gasteiger partial charge in [0.15, 0.2) is 0 Å². The van der Waals surface area contributed by atoms with Crippen LogP contribution in [0.2, 0.25) is 0 Å². The molecule has 1 aliphatic carbocycles. The van der Waals surface area contributed by atoms with Crippen LogP contribution < -0.4 is 0 Å². The van der Waals surface area contributed by atoms with Crippen molar-refractivity contribution in [1.82, 2.24) is 4.90 Å². The highest BCUT2D eigenvalue weighted by atomic mass is 19.1. The minimum Gasteiger partial charge on any atom is -0.369 e. The molecule has 1 unspecified atom stereocenters. The monoisotopic (exact) mass is 209 g/mol. The minimum absolute atomic E-state index is 0.0747. The molecular weight excluding hydrogens is 189 g/mol. The molecule has 15 heavy (non-hydrogen) atoms. The summed E-state index contributed by atoms with van der Waals surface area (Å²) < 4.78 is 14.1. The first kappa shape index (κ1) is 10.7. The zero-order valence-corrected chi connectivity index (χ0v) is 9.72. The van der Waals surface area contributed by atoms with Gasteiger partial charge in [-0.1, -0.05) is 13.0 Å². The van der Waals surface area contributed by atoms with E-state index < -0.39 is 0 Å². The van der Waals surface area contributed by atoms with Gasteiger partial charge in [-0.15, -0.1) is 0 Å². The number of likely N-dealkylation sites (tertiary alicyclic amines) is 1. The van der Waals surface area contributed by atoms with Crippen LogP contribution >= 0.6 is 0 Å². The van der Waals surface area contributed by atoms with Crippen LogP contribution in [0.25, 0.3) is 0 Å². The molecule has 1 aliphatic heterocycles. The maximum absolute atomic E-state index is 14.1. The predicted molar refractivity (Wildman–Crippen MR) is 61.1 cm³/mol. The van der Waals surface area contributed by atoms with E-state index in [-0.39, 0.29) is 11.7 Å². The molecule has 0 radical (unpaired) electrons. The highest BCUT2D eigenvalue weighted by Crippen LogP contribution is 2.33. The van der Waals surface area contributed by atoms with E-state index in [1.54, 1.807) is 0 Å². The molecule has 0 saturated carbocycles. The van der Waals surface area contributed by atoms with Crippen LogP contribution in [0, 0.1) is 5.92 Å². The topological polar surface area (TPSA) is 3.24 Å². The predicted octanol–water partition coefficient (Wildman–Crippen LogP) is 3.64. The highest BCUT2D eigenvalue weighted by molar-refractivity contribution is 5.35.